The second-order valence-electron chi connectivity index (χ2n) is 4.75. The van der Waals surface area contributed by atoms with Crippen LogP contribution in [0.1, 0.15) is 5.56 Å². The van der Waals surface area contributed by atoms with E-state index in [0.29, 0.717) is 11.5 Å². The first-order chi connectivity index (χ1) is 11.3. The maximum atomic E-state index is 5.29. The zero-order valence-corrected chi connectivity index (χ0v) is 13.7. The lowest BCUT2D eigenvalue weighted by atomic mass is 10.2. The second-order valence-corrected chi connectivity index (χ2v) is 5.59. The molecule has 0 aliphatic carbocycles. The van der Waals surface area contributed by atoms with Gasteiger partial charge in [-0.05, 0) is 23.8 Å². The van der Waals surface area contributed by atoms with Crippen LogP contribution in [0.3, 0.4) is 0 Å². The average molecular weight is 324 g/mol. The van der Waals surface area contributed by atoms with Gasteiger partial charge in [0, 0.05) is 17.2 Å². The van der Waals surface area contributed by atoms with Gasteiger partial charge in [0.1, 0.15) is 0 Å². The summed E-state index contributed by atoms with van der Waals surface area (Å²) in [6.07, 6.45) is 1.77. The van der Waals surface area contributed by atoms with Gasteiger partial charge in [0.2, 0.25) is 5.13 Å². The monoisotopic (exact) mass is 324 g/mol. The molecule has 0 fully saturated rings. The Morgan fingerprint density at radius 3 is 2.52 bits per heavy atom. The van der Waals surface area contributed by atoms with Gasteiger partial charge < -0.3 is 9.47 Å². The average Bonchev–Trinajstić information content (AvgIpc) is 3.09. The highest BCUT2D eigenvalue weighted by molar-refractivity contribution is 7.13. The minimum Gasteiger partial charge on any atom is -0.493 e. The number of hydrogen-bond donors (Lipinski definition) is 0. The number of rotatable bonds is 5. The first-order valence-electron chi connectivity index (χ1n) is 7.07. The van der Waals surface area contributed by atoms with Gasteiger partial charge >= 0.3 is 0 Å². The molecule has 3 aromatic rings. The number of methoxy groups -OCH3 is 2. The van der Waals surface area contributed by atoms with Gasteiger partial charge in [-0.2, -0.15) is 0 Å². The Bertz CT molecular complexity index is 813. The second kappa shape index (κ2) is 7.07. The molecule has 4 nitrogen and oxygen atoms in total. The fourth-order valence-corrected chi connectivity index (χ4v) is 2.80. The van der Waals surface area contributed by atoms with Crippen molar-refractivity contribution in [3.63, 3.8) is 0 Å². The highest BCUT2D eigenvalue weighted by Gasteiger charge is 2.04. The molecule has 1 heterocycles. The molecule has 0 radical (unpaired) electrons. The van der Waals surface area contributed by atoms with Crippen molar-refractivity contribution in [1.82, 2.24) is 4.98 Å². The van der Waals surface area contributed by atoms with Crippen LogP contribution in [0.4, 0.5) is 5.13 Å². The van der Waals surface area contributed by atoms with Crippen LogP contribution in [-0.4, -0.2) is 25.4 Å². The Balaban J connectivity index is 1.80. The number of nitrogens with zero attached hydrogens (tertiary/aromatic N) is 2. The maximum absolute atomic E-state index is 5.29. The first-order valence-corrected chi connectivity index (χ1v) is 7.95. The zero-order chi connectivity index (χ0) is 16.1. The van der Waals surface area contributed by atoms with Gasteiger partial charge in [-0.25, -0.2) is 9.98 Å². The molecule has 0 atom stereocenters. The molecule has 0 saturated heterocycles. The van der Waals surface area contributed by atoms with Crippen LogP contribution in [0, 0.1) is 0 Å². The predicted molar refractivity (Wildman–Crippen MR) is 94.4 cm³/mol. The third-order valence-electron chi connectivity index (χ3n) is 3.29. The summed E-state index contributed by atoms with van der Waals surface area (Å²) in [4.78, 5) is 8.98. The molecule has 0 saturated carbocycles. The molecule has 0 bridgehead atoms. The largest absolute Gasteiger partial charge is 0.493 e. The van der Waals surface area contributed by atoms with Gasteiger partial charge in [-0.1, -0.05) is 30.3 Å². The van der Waals surface area contributed by atoms with Crippen LogP contribution in [0.2, 0.25) is 0 Å². The van der Waals surface area contributed by atoms with Crippen molar-refractivity contribution in [2.45, 2.75) is 0 Å². The molecule has 0 aliphatic rings. The number of benzene rings is 2. The fourth-order valence-electron chi connectivity index (χ4n) is 2.13. The van der Waals surface area contributed by atoms with Gasteiger partial charge in [-0.3, -0.25) is 0 Å². The smallest absolute Gasteiger partial charge is 0.209 e. The molecule has 3 rings (SSSR count). The van der Waals surface area contributed by atoms with Crippen molar-refractivity contribution >= 4 is 22.7 Å². The molecular formula is C18H16N2O2S. The van der Waals surface area contributed by atoms with Crippen molar-refractivity contribution in [3.8, 4) is 22.8 Å². The first kappa shape index (κ1) is 15.2. The summed E-state index contributed by atoms with van der Waals surface area (Å²) in [5, 5.41) is 2.73. The Kier molecular flexibility index (Phi) is 4.68. The summed E-state index contributed by atoms with van der Waals surface area (Å²) in [6, 6.07) is 15.7. The number of thiazole rings is 1. The highest BCUT2D eigenvalue weighted by atomic mass is 32.1. The molecule has 116 valence electrons. The molecule has 0 aliphatic heterocycles. The molecule has 2 aromatic carbocycles. The summed E-state index contributed by atoms with van der Waals surface area (Å²) in [7, 11) is 3.23. The lowest BCUT2D eigenvalue weighted by molar-refractivity contribution is 0.355. The zero-order valence-electron chi connectivity index (χ0n) is 12.9. The Morgan fingerprint density at radius 1 is 1.00 bits per heavy atom. The number of aromatic nitrogens is 1. The molecule has 0 amide bonds. The molecular weight excluding hydrogens is 308 g/mol. The lowest BCUT2D eigenvalue weighted by Crippen LogP contribution is -1.91. The summed E-state index contributed by atoms with van der Waals surface area (Å²) >= 11 is 1.52. The van der Waals surface area contributed by atoms with Crippen LogP contribution in [0.25, 0.3) is 11.3 Å². The van der Waals surface area contributed by atoms with E-state index in [1.54, 1.807) is 20.4 Å². The van der Waals surface area contributed by atoms with Crippen molar-refractivity contribution in [3.05, 3.63) is 59.5 Å². The molecule has 0 spiro atoms. The predicted octanol–water partition coefficient (Wildman–Crippen LogP) is 4.58. The maximum Gasteiger partial charge on any atom is 0.209 e. The topological polar surface area (TPSA) is 43.7 Å². The number of aliphatic imine (C=N–C) groups is 1. The van der Waals surface area contributed by atoms with E-state index >= 15 is 0 Å². The van der Waals surface area contributed by atoms with Crippen molar-refractivity contribution in [2.75, 3.05) is 14.2 Å². The van der Waals surface area contributed by atoms with Crippen LogP contribution in [0.15, 0.2) is 58.9 Å². The minimum atomic E-state index is 0.681. The molecule has 5 heteroatoms. The summed E-state index contributed by atoms with van der Waals surface area (Å²) in [6.45, 7) is 0. The van der Waals surface area contributed by atoms with Crippen LogP contribution in [-0.2, 0) is 0 Å². The van der Waals surface area contributed by atoms with E-state index < -0.39 is 0 Å². The minimum absolute atomic E-state index is 0.681. The van der Waals surface area contributed by atoms with Crippen LogP contribution in [0.5, 0.6) is 11.5 Å². The SMILES string of the molecule is COc1ccc(/C=N/c2nc(-c3ccccc3)cs2)cc1OC. The van der Waals surface area contributed by atoms with Crippen molar-refractivity contribution < 1.29 is 9.47 Å². The van der Waals surface area contributed by atoms with Gasteiger partial charge in [0.05, 0.1) is 19.9 Å². The summed E-state index contributed by atoms with van der Waals surface area (Å²) in [5.74, 6) is 1.38. The van der Waals surface area contributed by atoms with Gasteiger partial charge in [0.15, 0.2) is 11.5 Å². The fraction of sp³-hybridized carbons (Fsp3) is 0.111. The third-order valence-corrected chi connectivity index (χ3v) is 4.04. The van der Waals surface area contributed by atoms with E-state index in [1.165, 1.54) is 11.3 Å². The van der Waals surface area contributed by atoms with E-state index in [0.717, 1.165) is 22.0 Å². The van der Waals surface area contributed by atoms with Gasteiger partial charge in [0.25, 0.3) is 0 Å². The van der Waals surface area contributed by atoms with E-state index in [1.807, 2.05) is 53.9 Å². The number of ether oxygens (including phenoxy) is 2. The summed E-state index contributed by atoms with van der Waals surface area (Å²) in [5.41, 5.74) is 2.96. The van der Waals surface area contributed by atoms with Crippen molar-refractivity contribution in [1.29, 1.82) is 0 Å². The lowest BCUT2D eigenvalue weighted by Gasteiger charge is -2.07. The molecule has 0 unspecified atom stereocenters. The normalized spacial score (nSPS) is 10.9. The number of hydrogen-bond acceptors (Lipinski definition) is 5. The quantitative estimate of drug-likeness (QED) is 0.645. The van der Waals surface area contributed by atoms with E-state index in [-0.39, 0.29) is 0 Å². The van der Waals surface area contributed by atoms with Gasteiger partial charge in [-0.15, -0.1) is 11.3 Å². The Labute approximate surface area is 139 Å². The molecule has 23 heavy (non-hydrogen) atoms. The van der Waals surface area contributed by atoms with Crippen LogP contribution >= 0.6 is 11.3 Å². The highest BCUT2D eigenvalue weighted by Crippen LogP contribution is 2.28. The summed E-state index contributed by atoms with van der Waals surface area (Å²) < 4.78 is 10.5. The van der Waals surface area contributed by atoms with E-state index in [9.17, 15) is 0 Å². The van der Waals surface area contributed by atoms with Crippen LogP contribution < -0.4 is 9.47 Å². The standard InChI is InChI=1S/C18H16N2O2S/c1-21-16-9-8-13(10-17(16)22-2)11-19-18-20-15(12-23-18)14-6-4-3-5-7-14/h3-12H,1-2H3/b19-11+. The van der Waals surface area contributed by atoms with E-state index in [4.69, 9.17) is 9.47 Å². The molecule has 1 aromatic heterocycles. The Hall–Kier alpha value is -2.66. The third kappa shape index (κ3) is 3.57. The van der Waals surface area contributed by atoms with E-state index in [2.05, 4.69) is 9.98 Å². The molecule has 0 N–H and O–H groups in total. The Morgan fingerprint density at radius 2 is 1.78 bits per heavy atom. The van der Waals surface area contributed by atoms with Crippen molar-refractivity contribution in [2.24, 2.45) is 4.99 Å².